The minimum absolute atomic E-state index is 0.105. The van der Waals surface area contributed by atoms with Crippen LogP contribution < -0.4 is 0 Å². The molecule has 80 valence electrons. The summed E-state index contributed by atoms with van der Waals surface area (Å²) in [6, 6.07) is 0.712. The number of ketones is 1. The van der Waals surface area contributed by atoms with Crippen molar-refractivity contribution in [3.8, 4) is 0 Å². The first-order chi connectivity index (χ1) is 6.52. The number of carbonyl (C=O) groups excluding carboxylic acids is 1. The van der Waals surface area contributed by atoms with Crippen molar-refractivity contribution in [2.45, 2.75) is 39.8 Å². The fourth-order valence-corrected chi connectivity index (χ4v) is 2.07. The highest BCUT2D eigenvalue weighted by Crippen LogP contribution is 2.18. The van der Waals surface area contributed by atoms with E-state index >= 15 is 0 Å². The van der Waals surface area contributed by atoms with Crippen molar-refractivity contribution in [3.05, 3.63) is 11.8 Å². The van der Waals surface area contributed by atoms with E-state index in [0.29, 0.717) is 12.1 Å². The molecule has 3 heteroatoms. The van der Waals surface area contributed by atoms with Crippen molar-refractivity contribution in [3.63, 3.8) is 0 Å². The average molecular weight is 197 g/mol. The molecule has 1 heterocycles. The normalized spacial score (nSPS) is 29.1. The summed E-state index contributed by atoms with van der Waals surface area (Å²) in [6.45, 7) is 9.29. The standard InChI is InChI=1S/C11H19NO2/c1-8(5-11(4)13)12-9(2)6-14-7-10(12)3/h5,9-10H,6-7H2,1-4H3/b8-5+/t9-,10-/m1/s1. The Morgan fingerprint density at radius 1 is 1.29 bits per heavy atom. The molecule has 0 amide bonds. The minimum Gasteiger partial charge on any atom is -0.377 e. The van der Waals surface area contributed by atoms with Crippen molar-refractivity contribution < 1.29 is 9.53 Å². The van der Waals surface area contributed by atoms with Gasteiger partial charge in [-0.05, 0) is 33.8 Å². The first-order valence-electron chi connectivity index (χ1n) is 5.07. The maximum Gasteiger partial charge on any atom is 0.154 e. The molecule has 2 atom stereocenters. The second kappa shape index (κ2) is 4.60. The van der Waals surface area contributed by atoms with E-state index in [1.54, 1.807) is 13.0 Å². The Morgan fingerprint density at radius 2 is 1.79 bits per heavy atom. The van der Waals surface area contributed by atoms with E-state index in [0.717, 1.165) is 18.9 Å². The fraction of sp³-hybridized carbons (Fsp3) is 0.727. The van der Waals surface area contributed by atoms with Crippen molar-refractivity contribution in [2.75, 3.05) is 13.2 Å². The predicted octanol–water partition coefficient (Wildman–Crippen LogP) is 1.59. The van der Waals surface area contributed by atoms with Gasteiger partial charge in [0.1, 0.15) is 0 Å². The molecule has 3 nitrogen and oxygen atoms in total. The van der Waals surface area contributed by atoms with Gasteiger partial charge in [0.25, 0.3) is 0 Å². The summed E-state index contributed by atoms with van der Waals surface area (Å²) in [5.74, 6) is 0.105. The molecule has 0 aliphatic carbocycles. The highest BCUT2D eigenvalue weighted by molar-refractivity contribution is 5.87. The van der Waals surface area contributed by atoms with Gasteiger partial charge in [0.2, 0.25) is 0 Å². The predicted molar refractivity (Wildman–Crippen MR) is 56.0 cm³/mol. The van der Waals surface area contributed by atoms with Gasteiger partial charge >= 0.3 is 0 Å². The molecule has 0 radical (unpaired) electrons. The first-order valence-corrected chi connectivity index (χ1v) is 5.07. The maximum absolute atomic E-state index is 11.0. The Balaban J connectivity index is 2.77. The van der Waals surface area contributed by atoms with Gasteiger partial charge in [-0.1, -0.05) is 0 Å². The van der Waals surface area contributed by atoms with Gasteiger partial charge in [-0.2, -0.15) is 0 Å². The lowest BCUT2D eigenvalue weighted by Gasteiger charge is -2.41. The van der Waals surface area contributed by atoms with Crippen molar-refractivity contribution >= 4 is 5.78 Å². The van der Waals surface area contributed by atoms with E-state index in [-0.39, 0.29) is 5.78 Å². The summed E-state index contributed by atoms with van der Waals surface area (Å²) in [4.78, 5) is 13.2. The lowest BCUT2D eigenvalue weighted by Crippen LogP contribution is -2.48. The molecule has 1 rings (SSSR count). The lowest BCUT2D eigenvalue weighted by atomic mass is 10.1. The van der Waals surface area contributed by atoms with Gasteiger partial charge < -0.3 is 9.64 Å². The Hall–Kier alpha value is -0.830. The van der Waals surface area contributed by atoms with Crippen LogP contribution in [0.1, 0.15) is 27.7 Å². The third-order valence-corrected chi connectivity index (χ3v) is 2.49. The molecule has 0 bridgehead atoms. The molecular weight excluding hydrogens is 178 g/mol. The van der Waals surface area contributed by atoms with Crippen LogP contribution in [-0.2, 0) is 9.53 Å². The highest BCUT2D eigenvalue weighted by atomic mass is 16.5. The molecule has 0 aromatic carbocycles. The number of hydrogen-bond acceptors (Lipinski definition) is 3. The Morgan fingerprint density at radius 3 is 2.21 bits per heavy atom. The number of allylic oxidation sites excluding steroid dienone is 2. The molecule has 1 aliphatic rings. The first kappa shape index (κ1) is 11.2. The van der Waals surface area contributed by atoms with Crippen molar-refractivity contribution in [1.82, 2.24) is 4.90 Å². The van der Waals surface area contributed by atoms with Crippen molar-refractivity contribution in [1.29, 1.82) is 0 Å². The van der Waals surface area contributed by atoms with Crippen LogP contribution in [0.15, 0.2) is 11.8 Å². The zero-order valence-corrected chi connectivity index (χ0v) is 9.41. The molecule has 0 aromatic heterocycles. The summed E-state index contributed by atoms with van der Waals surface area (Å²) < 4.78 is 5.43. The highest BCUT2D eigenvalue weighted by Gasteiger charge is 2.25. The topological polar surface area (TPSA) is 29.5 Å². The molecular formula is C11H19NO2. The fourth-order valence-electron chi connectivity index (χ4n) is 2.07. The summed E-state index contributed by atoms with van der Waals surface area (Å²) in [6.07, 6.45) is 1.69. The van der Waals surface area contributed by atoms with Crippen LogP contribution in [0.2, 0.25) is 0 Å². The van der Waals surface area contributed by atoms with Crippen LogP contribution in [0.4, 0.5) is 0 Å². The second-order valence-corrected chi connectivity index (χ2v) is 4.04. The average Bonchev–Trinajstić information content (AvgIpc) is 2.01. The number of carbonyl (C=O) groups is 1. The van der Waals surface area contributed by atoms with Gasteiger partial charge in [0, 0.05) is 17.8 Å². The maximum atomic E-state index is 11.0. The van der Waals surface area contributed by atoms with E-state index in [9.17, 15) is 4.79 Å². The van der Waals surface area contributed by atoms with Crippen LogP contribution in [0.5, 0.6) is 0 Å². The molecule has 0 saturated carbocycles. The number of rotatable bonds is 2. The number of ether oxygens (including phenoxy) is 1. The zero-order chi connectivity index (χ0) is 10.7. The van der Waals surface area contributed by atoms with Gasteiger partial charge in [-0.25, -0.2) is 0 Å². The third kappa shape index (κ3) is 2.58. The van der Waals surface area contributed by atoms with Crippen LogP contribution in [-0.4, -0.2) is 36.0 Å². The molecule has 0 aromatic rings. The van der Waals surface area contributed by atoms with E-state index in [1.807, 2.05) is 6.92 Å². The minimum atomic E-state index is 0.105. The van der Waals surface area contributed by atoms with Gasteiger partial charge in [0.15, 0.2) is 5.78 Å². The lowest BCUT2D eigenvalue weighted by molar-refractivity contribution is -0.112. The Bertz CT molecular complexity index is 238. The van der Waals surface area contributed by atoms with E-state index in [4.69, 9.17) is 4.74 Å². The molecule has 0 N–H and O–H groups in total. The third-order valence-electron chi connectivity index (χ3n) is 2.49. The smallest absolute Gasteiger partial charge is 0.154 e. The van der Waals surface area contributed by atoms with Gasteiger partial charge in [-0.15, -0.1) is 0 Å². The summed E-state index contributed by atoms with van der Waals surface area (Å²) in [5, 5.41) is 0. The molecule has 1 fully saturated rings. The quantitative estimate of drug-likeness (QED) is 0.630. The summed E-state index contributed by atoms with van der Waals surface area (Å²) in [5.41, 5.74) is 1.04. The van der Waals surface area contributed by atoms with Crippen LogP contribution >= 0.6 is 0 Å². The van der Waals surface area contributed by atoms with Crippen LogP contribution in [0.3, 0.4) is 0 Å². The monoisotopic (exact) mass is 197 g/mol. The SMILES string of the molecule is CC(=O)/C=C(\C)N1[C@H](C)COC[C@H]1C. The van der Waals surface area contributed by atoms with E-state index in [1.165, 1.54) is 0 Å². The Labute approximate surface area is 85.7 Å². The molecule has 1 saturated heterocycles. The van der Waals surface area contributed by atoms with Crippen molar-refractivity contribution in [2.24, 2.45) is 0 Å². The van der Waals surface area contributed by atoms with E-state index in [2.05, 4.69) is 18.7 Å². The number of hydrogen-bond donors (Lipinski definition) is 0. The molecule has 1 aliphatic heterocycles. The zero-order valence-electron chi connectivity index (χ0n) is 9.41. The molecule has 0 spiro atoms. The van der Waals surface area contributed by atoms with Crippen LogP contribution in [0.25, 0.3) is 0 Å². The van der Waals surface area contributed by atoms with Crippen LogP contribution in [0, 0.1) is 0 Å². The summed E-state index contributed by atoms with van der Waals surface area (Å²) in [7, 11) is 0. The summed E-state index contributed by atoms with van der Waals surface area (Å²) >= 11 is 0. The molecule has 14 heavy (non-hydrogen) atoms. The van der Waals surface area contributed by atoms with E-state index < -0.39 is 0 Å². The number of nitrogens with zero attached hydrogens (tertiary/aromatic N) is 1. The van der Waals surface area contributed by atoms with Gasteiger partial charge in [-0.3, -0.25) is 4.79 Å². The molecule has 0 unspecified atom stereocenters. The number of morpholine rings is 1. The largest absolute Gasteiger partial charge is 0.377 e. The Kier molecular flexibility index (Phi) is 3.69. The van der Waals surface area contributed by atoms with Gasteiger partial charge in [0.05, 0.1) is 13.2 Å². The second-order valence-electron chi connectivity index (χ2n) is 4.04.